The second kappa shape index (κ2) is 9.15. The Labute approximate surface area is 213 Å². The number of pyridine rings is 1. The number of carbonyl (C=O) groups excluding carboxylic acids is 2. The zero-order valence-corrected chi connectivity index (χ0v) is 20.0. The van der Waals surface area contributed by atoms with Crippen LogP contribution < -0.4 is 15.8 Å². The number of carbonyl (C=O) groups is 2. The van der Waals surface area contributed by atoms with Crippen molar-refractivity contribution in [2.45, 2.75) is 44.0 Å². The van der Waals surface area contributed by atoms with E-state index in [0.29, 0.717) is 16.9 Å². The summed E-state index contributed by atoms with van der Waals surface area (Å²) >= 11 is 0.456. The summed E-state index contributed by atoms with van der Waals surface area (Å²) in [5.74, 6) is -0.788. The van der Waals surface area contributed by atoms with Gasteiger partial charge in [-0.05, 0) is 67.0 Å². The molecule has 2 aliphatic carbocycles. The maximum atomic E-state index is 12.9. The number of thiazole rings is 1. The molecule has 2 fully saturated rings. The molecule has 2 saturated carbocycles. The van der Waals surface area contributed by atoms with Gasteiger partial charge in [-0.1, -0.05) is 0 Å². The van der Waals surface area contributed by atoms with Crippen molar-refractivity contribution in [2.75, 3.05) is 0 Å². The highest BCUT2D eigenvalue weighted by Gasteiger charge is 2.54. The Morgan fingerprint density at radius 2 is 1.95 bits per heavy atom. The van der Waals surface area contributed by atoms with Gasteiger partial charge in [-0.15, -0.1) is 11.3 Å². The average Bonchev–Trinajstić information content (AvgIpc) is 3.32. The van der Waals surface area contributed by atoms with Crippen LogP contribution in [0.5, 0.6) is 5.88 Å². The van der Waals surface area contributed by atoms with E-state index in [1.807, 2.05) is 6.07 Å². The van der Waals surface area contributed by atoms with Crippen molar-refractivity contribution in [3.05, 3.63) is 64.4 Å². The number of aromatic nitrogens is 2. The van der Waals surface area contributed by atoms with E-state index in [4.69, 9.17) is 10.5 Å². The SMILES string of the molecule is N#Cc1cc(C(=O)NC2CC3(C2)CC(Oc2ncccc2C(N)=O)C3)cc(-c2cnc(C(F)(F)F)s2)c1. The van der Waals surface area contributed by atoms with Crippen molar-refractivity contribution < 1.29 is 27.5 Å². The van der Waals surface area contributed by atoms with E-state index >= 15 is 0 Å². The number of nitrogens with zero attached hydrogens (tertiary/aromatic N) is 3. The molecule has 0 bridgehead atoms. The Morgan fingerprint density at radius 3 is 2.59 bits per heavy atom. The van der Waals surface area contributed by atoms with Gasteiger partial charge in [0, 0.05) is 24.0 Å². The first-order valence-corrected chi connectivity index (χ1v) is 12.2. The molecule has 5 rings (SSSR count). The summed E-state index contributed by atoms with van der Waals surface area (Å²) in [6, 6.07) is 9.37. The van der Waals surface area contributed by atoms with Crippen LogP contribution in [0.25, 0.3) is 10.4 Å². The Bertz CT molecular complexity index is 1420. The topological polar surface area (TPSA) is 131 Å². The molecule has 0 radical (unpaired) electrons. The fraction of sp³-hybridized carbons (Fsp3) is 0.320. The predicted molar refractivity (Wildman–Crippen MR) is 127 cm³/mol. The molecule has 8 nitrogen and oxygen atoms in total. The van der Waals surface area contributed by atoms with Gasteiger partial charge in [-0.2, -0.15) is 18.4 Å². The van der Waals surface area contributed by atoms with Crippen molar-refractivity contribution in [3.63, 3.8) is 0 Å². The number of hydrogen-bond acceptors (Lipinski definition) is 7. The van der Waals surface area contributed by atoms with E-state index in [9.17, 15) is 28.0 Å². The standard InChI is InChI=1S/C25H20F3N5O3S/c26-25(27,28)23-32-12-19(37-23)14-4-13(11-29)5-15(6-14)21(35)33-16-7-24(8-16)9-17(10-24)36-22-18(20(30)34)2-1-3-31-22/h1-6,12,16-17H,7-10H2,(H2,30,34)(H,33,35). The molecule has 0 unspecified atom stereocenters. The lowest BCUT2D eigenvalue weighted by molar-refractivity contribution is -0.137. The van der Waals surface area contributed by atoms with Crippen LogP contribution in [0.4, 0.5) is 13.2 Å². The van der Waals surface area contributed by atoms with Crippen molar-refractivity contribution >= 4 is 23.2 Å². The van der Waals surface area contributed by atoms with Gasteiger partial charge in [0.1, 0.15) is 11.7 Å². The monoisotopic (exact) mass is 527 g/mol. The minimum Gasteiger partial charge on any atom is -0.474 e. The first-order chi connectivity index (χ1) is 17.5. The largest absolute Gasteiger partial charge is 0.474 e. The van der Waals surface area contributed by atoms with Gasteiger partial charge in [0.15, 0.2) is 5.01 Å². The summed E-state index contributed by atoms with van der Waals surface area (Å²) in [4.78, 5) is 32.2. The third-order valence-corrected chi connectivity index (χ3v) is 7.78. The maximum Gasteiger partial charge on any atom is 0.443 e. The Kier molecular flexibility index (Phi) is 6.11. The van der Waals surface area contributed by atoms with Gasteiger partial charge in [0.2, 0.25) is 5.88 Å². The average molecular weight is 528 g/mol. The number of alkyl halides is 3. The maximum absolute atomic E-state index is 12.9. The number of halogens is 3. The summed E-state index contributed by atoms with van der Waals surface area (Å²) in [5, 5.41) is 11.3. The van der Waals surface area contributed by atoms with Crippen LogP contribution >= 0.6 is 11.3 Å². The lowest BCUT2D eigenvalue weighted by Crippen LogP contribution is -2.58. The summed E-state index contributed by atoms with van der Waals surface area (Å²) in [6.45, 7) is 0. The fourth-order valence-corrected chi connectivity index (χ4v) is 5.78. The smallest absolute Gasteiger partial charge is 0.443 e. The third-order valence-electron chi connectivity index (χ3n) is 6.69. The molecule has 0 saturated heterocycles. The molecule has 1 aromatic carbocycles. The van der Waals surface area contributed by atoms with Gasteiger partial charge in [-0.3, -0.25) is 9.59 Å². The van der Waals surface area contributed by atoms with Gasteiger partial charge in [0.25, 0.3) is 11.8 Å². The number of nitrogens with two attached hydrogens (primary N) is 1. The molecule has 37 heavy (non-hydrogen) atoms. The highest BCUT2D eigenvalue weighted by Crippen LogP contribution is 2.56. The van der Waals surface area contributed by atoms with E-state index in [2.05, 4.69) is 15.3 Å². The van der Waals surface area contributed by atoms with Crippen molar-refractivity contribution in [1.29, 1.82) is 5.26 Å². The van der Waals surface area contributed by atoms with Crippen LogP contribution in [0.2, 0.25) is 0 Å². The summed E-state index contributed by atoms with van der Waals surface area (Å²) < 4.78 is 44.7. The minimum atomic E-state index is -4.57. The lowest BCUT2D eigenvalue weighted by Gasteiger charge is -2.57. The van der Waals surface area contributed by atoms with E-state index < -0.39 is 23.0 Å². The quantitative estimate of drug-likeness (QED) is 0.491. The van der Waals surface area contributed by atoms with Crippen LogP contribution in [-0.2, 0) is 6.18 Å². The number of nitrogens with one attached hydrogen (secondary N) is 1. The number of hydrogen-bond donors (Lipinski definition) is 2. The molecule has 0 atom stereocenters. The molecule has 2 amide bonds. The van der Waals surface area contributed by atoms with Crippen molar-refractivity contribution in [1.82, 2.24) is 15.3 Å². The van der Waals surface area contributed by atoms with Crippen LogP contribution in [0.1, 0.15) is 57.0 Å². The molecule has 3 aromatic rings. The van der Waals surface area contributed by atoms with E-state index in [0.717, 1.165) is 31.9 Å². The van der Waals surface area contributed by atoms with E-state index in [1.54, 1.807) is 12.1 Å². The normalized spacial score (nSPS) is 22.4. The summed E-state index contributed by atoms with van der Waals surface area (Å²) in [7, 11) is 0. The van der Waals surface area contributed by atoms with Crippen molar-refractivity contribution in [2.24, 2.45) is 11.1 Å². The second-order valence-corrected chi connectivity index (χ2v) is 10.4. The van der Waals surface area contributed by atoms with Gasteiger partial charge >= 0.3 is 6.18 Å². The predicted octanol–water partition coefficient (Wildman–Crippen LogP) is 4.31. The number of amides is 2. The molecular formula is C25H20F3N5O3S. The Hall–Kier alpha value is -3.98. The summed E-state index contributed by atoms with van der Waals surface area (Å²) in [5.41, 5.74) is 6.33. The third kappa shape index (κ3) is 4.99. The first-order valence-electron chi connectivity index (χ1n) is 11.4. The number of benzene rings is 1. The fourth-order valence-electron chi connectivity index (χ4n) is 5.01. The van der Waals surface area contributed by atoms with Crippen LogP contribution in [0, 0.1) is 16.7 Å². The van der Waals surface area contributed by atoms with E-state index in [-0.39, 0.29) is 45.0 Å². The molecular weight excluding hydrogens is 507 g/mol. The zero-order valence-electron chi connectivity index (χ0n) is 19.2. The molecule has 190 valence electrons. The van der Waals surface area contributed by atoms with Gasteiger partial charge in [0.05, 0.1) is 16.5 Å². The highest BCUT2D eigenvalue weighted by atomic mass is 32.1. The molecule has 1 spiro atoms. The minimum absolute atomic E-state index is 0.0422. The molecule has 2 aliphatic rings. The van der Waals surface area contributed by atoms with Crippen LogP contribution in [0.15, 0.2) is 42.7 Å². The molecule has 0 aliphatic heterocycles. The number of rotatable bonds is 6. The van der Waals surface area contributed by atoms with Crippen molar-refractivity contribution in [3.8, 4) is 22.4 Å². The van der Waals surface area contributed by atoms with Gasteiger partial charge < -0.3 is 15.8 Å². The second-order valence-electron chi connectivity index (χ2n) is 9.39. The Morgan fingerprint density at radius 1 is 1.19 bits per heavy atom. The zero-order chi connectivity index (χ0) is 26.4. The molecule has 2 aromatic heterocycles. The number of ether oxygens (including phenoxy) is 1. The van der Waals surface area contributed by atoms with Gasteiger partial charge in [-0.25, -0.2) is 9.97 Å². The van der Waals surface area contributed by atoms with Crippen LogP contribution in [-0.4, -0.2) is 33.9 Å². The van der Waals surface area contributed by atoms with E-state index in [1.165, 1.54) is 24.4 Å². The number of nitriles is 1. The molecule has 12 heteroatoms. The first kappa shape index (κ1) is 24.7. The summed E-state index contributed by atoms with van der Waals surface area (Å²) in [6.07, 6.45) is 0.972. The molecule has 3 N–H and O–H groups in total. The highest BCUT2D eigenvalue weighted by molar-refractivity contribution is 7.15. The number of primary amides is 1. The Balaban J connectivity index is 1.19. The molecule has 2 heterocycles. The lowest BCUT2D eigenvalue weighted by atomic mass is 9.53. The van der Waals surface area contributed by atoms with Crippen LogP contribution in [0.3, 0.4) is 0 Å².